The number of benzene rings is 1. The third kappa shape index (κ3) is 3.95. The smallest absolute Gasteiger partial charge is 0.419 e. The molecule has 1 rings (SSSR count). The Morgan fingerprint density at radius 3 is 2.67 bits per heavy atom. The molecular formula is C8H3BrClF2NO2. The molecule has 0 amide bonds. The summed E-state index contributed by atoms with van der Waals surface area (Å²) in [7, 11) is 0. The summed E-state index contributed by atoms with van der Waals surface area (Å²) in [5.41, 5.74) is -3.51. The molecule has 7 heteroatoms. The number of hydrogen-bond acceptors (Lipinski definition) is 3. The van der Waals surface area contributed by atoms with Crippen molar-refractivity contribution in [2.75, 3.05) is 0 Å². The van der Waals surface area contributed by atoms with Gasteiger partial charge in [0.1, 0.15) is 5.75 Å². The zero-order valence-corrected chi connectivity index (χ0v) is 9.35. The van der Waals surface area contributed by atoms with Gasteiger partial charge in [-0.1, -0.05) is 0 Å². The molecule has 0 radical (unpaired) electrons. The van der Waals surface area contributed by atoms with Gasteiger partial charge in [-0.3, -0.25) is 0 Å². The van der Waals surface area contributed by atoms with Crippen LogP contribution in [0.3, 0.4) is 0 Å². The minimum absolute atomic E-state index is 0.153. The fraction of sp³-hybridized carbons (Fsp3) is 0.125. The standard InChI is InChI=1S/C8H3BrClF2NO2/c9-6-3-5(13-4-14)1-2-7(6)15-8(10,11)12/h1-3H. The van der Waals surface area contributed by atoms with Crippen molar-refractivity contribution in [2.45, 2.75) is 5.57 Å². The second-order valence-electron chi connectivity index (χ2n) is 2.37. The summed E-state index contributed by atoms with van der Waals surface area (Å²) in [6.07, 6.45) is 1.32. The molecule has 0 atom stereocenters. The van der Waals surface area contributed by atoms with Gasteiger partial charge in [0.05, 0.1) is 10.2 Å². The third-order valence-corrected chi connectivity index (χ3v) is 2.01. The minimum atomic E-state index is -3.78. The minimum Gasteiger partial charge on any atom is -0.419 e. The Hall–Kier alpha value is -0.970. The van der Waals surface area contributed by atoms with E-state index >= 15 is 0 Å². The summed E-state index contributed by atoms with van der Waals surface area (Å²) >= 11 is 7.54. The highest BCUT2D eigenvalue weighted by molar-refractivity contribution is 9.10. The van der Waals surface area contributed by atoms with Gasteiger partial charge in [-0.2, -0.15) is 4.99 Å². The summed E-state index contributed by atoms with van der Waals surface area (Å²) in [5.74, 6) is -0.153. The van der Waals surface area contributed by atoms with E-state index in [2.05, 4.69) is 37.3 Å². The number of halogens is 4. The number of carbonyl (C=O) groups excluding carboxylic acids is 1. The molecule has 0 saturated carbocycles. The molecule has 0 saturated heterocycles. The van der Waals surface area contributed by atoms with Crippen LogP contribution in [-0.2, 0) is 4.79 Å². The Labute approximate surface area is 96.8 Å². The number of nitrogens with zero attached hydrogens (tertiary/aromatic N) is 1. The fourth-order valence-corrected chi connectivity index (χ4v) is 1.35. The van der Waals surface area contributed by atoms with E-state index in [1.54, 1.807) is 0 Å². The Kier molecular flexibility index (Phi) is 3.79. The highest BCUT2D eigenvalue weighted by Crippen LogP contribution is 2.33. The molecule has 0 aliphatic heterocycles. The van der Waals surface area contributed by atoms with Crippen LogP contribution in [0, 0.1) is 0 Å². The monoisotopic (exact) mass is 297 g/mol. The van der Waals surface area contributed by atoms with Crippen molar-refractivity contribution >= 4 is 39.3 Å². The lowest BCUT2D eigenvalue weighted by atomic mass is 10.3. The summed E-state index contributed by atoms with van der Waals surface area (Å²) in [5, 5.41) is 0. The average Bonchev–Trinajstić information content (AvgIpc) is 2.08. The van der Waals surface area contributed by atoms with Crippen molar-refractivity contribution in [1.82, 2.24) is 0 Å². The highest BCUT2D eigenvalue weighted by atomic mass is 79.9. The first-order valence-corrected chi connectivity index (χ1v) is 4.72. The Morgan fingerprint density at radius 1 is 1.53 bits per heavy atom. The highest BCUT2D eigenvalue weighted by Gasteiger charge is 2.28. The number of ether oxygens (including phenoxy) is 1. The van der Waals surface area contributed by atoms with E-state index < -0.39 is 5.57 Å². The van der Waals surface area contributed by atoms with Crippen molar-refractivity contribution in [2.24, 2.45) is 4.99 Å². The molecule has 3 nitrogen and oxygen atoms in total. The van der Waals surface area contributed by atoms with E-state index in [4.69, 9.17) is 0 Å². The SMILES string of the molecule is O=C=Nc1ccc(OC(F)(F)Cl)c(Br)c1. The molecule has 0 aliphatic carbocycles. The number of rotatable bonds is 3. The van der Waals surface area contributed by atoms with E-state index in [-0.39, 0.29) is 15.9 Å². The molecule has 15 heavy (non-hydrogen) atoms. The predicted octanol–water partition coefficient (Wildman–Crippen LogP) is 3.58. The molecule has 0 aromatic heterocycles. The quantitative estimate of drug-likeness (QED) is 0.486. The van der Waals surface area contributed by atoms with Crippen LogP contribution in [0.15, 0.2) is 27.7 Å². The molecule has 0 N–H and O–H groups in total. The van der Waals surface area contributed by atoms with E-state index in [0.717, 1.165) is 0 Å². The van der Waals surface area contributed by atoms with Gasteiger partial charge in [-0.05, 0) is 34.1 Å². The Bertz CT molecular complexity index is 416. The molecule has 0 unspecified atom stereocenters. The molecule has 1 aromatic carbocycles. The maximum atomic E-state index is 12.3. The van der Waals surface area contributed by atoms with Gasteiger partial charge in [-0.15, -0.1) is 8.78 Å². The van der Waals surface area contributed by atoms with Crippen molar-refractivity contribution < 1.29 is 18.3 Å². The van der Waals surface area contributed by atoms with Gasteiger partial charge >= 0.3 is 5.57 Å². The van der Waals surface area contributed by atoms with Crippen molar-refractivity contribution in [3.8, 4) is 5.75 Å². The molecular weight excluding hydrogens is 295 g/mol. The molecule has 0 bridgehead atoms. The fourth-order valence-electron chi connectivity index (χ4n) is 0.819. The zero-order valence-electron chi connectivity index (χ0n) is 7.01. The Balaban J connectivity index is 2.98. The van der Waals surface area contributed by atoms with Crippen LogP contribution < -0.4 is 4.74 Å². The van der Waals surface area contributed by atoms with Gasteiger partial charge in [0.15, 0.2) is 0 Å². The number of isocyanates is 1. The Morgan fingerprint density at radius 2 is 2.20 bits per heavy atom. The predicted molar refractivity (Wildman–Crippen MR) is 53.4 cm³/mol. The van der Waals surface area contributed by atoms with Gasteiger partial charge in [0.2, 0.25) is 6.08 Å². The summed E-state index contributed by atoms with van der Waals surface area (Å²) < 4.78 is 28.9. The van der Waals surface area contributed by atoms with Crippen LogP contribution >= 0.6 is 27.5 Å². The largest absolute Gasteiger partial charge is 0.487 e. The van der Waals surface area contributed by atoms with Gasteiger partial charge in [0.25, 0.3) is 0 Å². The summed E-state index contributed by atoms with van der Waals surface area (Å²) in [6, 6.07) is 3.84. The third-order valence-electron chi connectivity index (χ3n) is 1.32. The first-order valence-electron chi connectivity index (χ1n) is 3.55. The lowest BCUT2D eigenvalue weighted by Gasteiger charge is -2.11. The van der Waals surface area contributed by atoms with E-state index in [1.807, 2.05) is 0 Å². The lowest BCUT2D eigenvalue weighted by Crippen LogP contribution is -2.15. The number of alkyl halides is 3. The molecule has 1 aromatic rings. The van der Waals surface area contributed by atoms with Crippen molar-refractivity contribution in [3.63, 3.8) is 0 Å². The maximum absolute atomic E-state index is 12.3. The lowest BCUT2D eigenvalue weighted by molar-refractivity contribution is -0.0969. The second kappa shape index (κ2) is 4.70. The second-order valence-corrected chi connectivity index (χ2v) is 3.66. The number of hydrogen-bond donors (Lipinski definition) is 0. The molecule has 0 fully saturated rings. The van der Waals surface area contributed by atoms with Gasteiger partial charge in [0, 0.05) is 11.6 Å². The number of aliphatic imine (C=N–C) groups is 1. The first-order chi connectivity index (χ1) is 6.92. The van der Waals surface area contributed by atoms with Crippen LogP contribution in [0.4, 0.5) is 14.5 Å². The van der Waals surface area contributed by atoms with E-state index in [0.29, 0.717) is 0 Å². The van der Waals surface area contributed by atoms with Crippen LogP contribution in [0.25, 0.3) is 0 Å². The molecule has 0 heterocycles. The van der Waals surface area contributed by atoms with Crippen LogP contribution in [-0.4, -0.2) is 11.6 Å². The summed E-state index contributed by atoms with van der Waals surface area (Å²) in [6.45, 7) is 0. The first kappa shape index (κ1) is 12.1. The normalized spacial score (nSPS) is 10.7. The maximum Gasteiger partial charge on any atom is 0.487 e. The van der Waals surface area contributed by atoms with E-state index in [9.17, 15) is 13.6 Å². The average molecular weight is 298 g/mol. The molecule has 0 spiro atoms. The van der Waals surface area contributed by atoms with E-state index in [1.165, 1.54) is 24.3 Å². The topological polar surface area (TPSA) is 38.7 Å². The van der Waals surface area contributed by atoms with Crippen LogP contribution in [0.5, 0.6) is 5.75 Å². The van der Waals surface area contributed by atoms with Gasteiger partial charge < -0.3 is 4.74 Å². The molecule has 80 valence electrons. The van der Waals surface area contributed by atoms with Crippen molar-refractivity contribution in [3.05, 3.63) is 22.7 Å². The zero-order chi connectivity index (χ0) is 11.5. The summed E-state index contributed by atoms with van der Waals surface area (Å²) in [4.78, 5) is 13.2. The molecule has 0 aliphatic rings. The van der Waals surface area contributed by atoms with Crippen molar-refractivity contribution in [1.29, 1.82) is 0 Å². The van der Waals surface area contributed by atoms with Crippen LogP contribution in [0.1, 0.15) is 0 Å². The van der Waals surface area contributed by atoms with Gasteiger partial charge in [-0.25, -0.2) is 4.79 Å². The van der Waals surface area contributed by atoms with Crippen LogP contribution in [0.2, 0.25) is 0 Å².